The molecule has 0 radical (unpaired) electrons. The maximum Gasteiger partial charge on any atom is 0.130 e. The highest BCUT2D eigenvalue weighted by molar-refractivity contribution is 5.31. The molecule has 0 aliphatic carbocycles. The van der Waals surface area contributed by atoms with Gasteiger partial charge in [-0.25, -0.2) is 4.39 Å². The number of hydrogen-bond acceptors (Lipinski definition) is 1. The van der Waals surface area contributed by atoms with Crippen molar-refractivity contribution in [2.75, 3.05) is 6.61 Å². The molecule has 0 heterocycles. The molecule has 0 fully saturated rings. The Labute approximate surface area is 78.2 Å². The van der Waals surface area contributed by atoms with E-state index in [2.05, 4.69) is 0 Å². The normalized spacial score (nSPS) is 11.7. The molecule has 0 unspecified atom stereocenters. The first-order chi connectivity index (χ1) is 6.05. The van der Waals surface area contributed by atoms with Crippen molar-refractivity contribution in [1.82, 2.24) is 0 Å². The third kappa shape index (κ3) is 2.52. The molecule has 0 amide bonds. The standard InChI is InChI=1S/C11H15FO/c1-11(2,12)10-6-4-3-5-9(10)7-8-13/h3-6,13H,7-8H2,1-2H3. The van der Waals surface area contributed by atoms with E-state index < -0.39 is 5.67 Å². The van der Waals surface area contributed by atoms with Gasteiger partial charge in [-0.05, 0) is 31.4 Å². The summed E-state index contributed by atoms with van der Waals surface area (Å²) in [4.78, 5) is 0. The number of rotatable bonds is 3. The number of aliphatic hydroxyl groups is 1. The molecular weight excluding hydrogens is 167 g/mol. The van der Waals surface area contributed by atoms with Crippen molar-refractivity contribution in [1.29, 1.82) is 0 Å². The third-order valence-electron chi connectivity index (χ3n) is 2.04. The molecule has 72 valence electrons. The highest BCUT2D eigenvalue weighted by atomic mass is 19.1. The minimum atomic E-state index is -1.33. The van der Waals surface area contributed by atoms with Crippen LogP contribution in [0.1, 0.15) is 25.0 Å². The lowest BCUT2D eigenvalue weighted by molar-refractivity contribution is 0.218. The Balaban J connectivity index is 3.05. The first kappa shape index (κ1) is 10.2. The van der Waals surface area contributed by atoms with Crippen molar-refractivity contribution in [3.05, 3.63) is 35.4 Å². The Hall–Kier alpha value is -0.890. The van der Waals surface area contributed by atoms with Gasteiger partial charge in [-0.1, -0.05) is 24.3 Å². The van der Waals surface area contributed by atoms with E-state index in [1.54, 1.807) is 6.07 Å². The monoisotopic (exact) mass is 182 g/mol. The summed E-state index contributed by atoms with van der Waals surface area (Å²) in [5.41, 5.74) is 0.229. The van der Waals surface area contributed by atoms with E-state index in [1.807, 2.05) is 18.2 Å². The lowest BCUT2D eigenvalue weighted by Gasteiger charge is -2.18. The predicted molar refractivity (Wildman–Crippen MR) is 51.4 cm³/mol. The van der Waals surface area contributed by atoms with Gasteiger partial charge in [0, 0.05) is 6.61 Å². The lowest BCUT2D eigenvalue weighted by atomic mass is 9.93. The zero-order valence-electron chi connectivity index (χ0n) is 8.05. The number of alkyl halides is 1. The third-order valence-corrected chi connectivity index (χ3v) is 2.04. The fraction of sp³-hybridized carbons (Fsp3) is 0.455. The number of benzene rings is 1. The summed E-state index contributed by atoms with van der Waals surface area (Å²) < 4.78 is 13.6. The smallest absolute Gasteiger partial charge is 0.130 e. The lowest BCUT2D eigenvalue weighted by Crippen LogP contribution is -2.12. The van der Waals surface area contributed by atoms with Gasteiger partial charge < -0.3 is 5.11 Å². The van der Waals surface area contributed by atoms with E-state index in [9.17, 15) is 4.39 Å². The first-order valence-corrected chi connectivity index (χ1v) is 4.44. The molecule has 1 N–H and O–H groups in total. The van der Waals surface area contributed by atoms with E-state index >= 15 is 0 Å². The Morgan fingerprint density at radius 1 is 1.31 bits per heavy atom. The summed E-state index contributed by atoms with van der Waals surface area (Å²) in [6.07, 6.45) is 0.517. The van der Waals surface area contributed by atoms with Gasteiger partial charge >= 0.3 is 0 Å². The summed E-state index contributed by atoms with van der Waals surface area (Å²) >= 11 is 0. The number of hydrogen-bond donors (Lipinski definition) is 1. The van der Waals surface area contributed by atoms with E-state index in [0.29, 0.717) is 12.0 Å². The van der Waals surface area contributed by atoms with Crippen molar-refractivity contribution in [2.45, 2.75) is 25.9 Å². The van der Waals surface area contributed by atoms with Gasteiger partial charge in [0.1, 0.15) is 5.67 Å². The number of halogens is 1. The van der Waals surface area contributed by atoms with Crippen LogP contribution in [-0.4, -0.2) is 11.7 Å². The Kier molecular flexibility index (Phi) is 3.04. The van der Waals surface area contributed by atoms with Crippen LogP contribution in [0.25, 0.3) is 0 Å². The van der Waals surface area contributed by atoms with E-state index in [4.69, 9.17) is 5.11 Å². The average Bonchev–Trinajstić information content (AvgIpc) is 2.04. The average molecular weight is 182 g/mol. The van der Waals surface area contributed by atoms with Gasteiger partial charge in [-0.15, -0.1) is 0 Å². The minimum absolute atomic E-state index is 0.0626. The fourth-order valence-corrected chi connectivity index (χ4v) is 1.44. The second-order valence-electron chi connectivity index (χ2n) is 3.60. The van der Waals surface area contributed by atoms with Crippen LogP contribution in [0.2, 0.25) is 0 Å². The van der Waals surface area contributed by atoms with Gasteiger partial charge in [0.05, 0.1) is 0 Å². The highest BCUT2D eigenvalue weighted by Gasteiger charge is 2.21. The van der Waals surface area contributed by atoms with Crippen LogP contribution >= 0.6 is 0 Å². The highest BCUT2D eigenvalue weighted by Crippen LogP contribution is 2.27. The maximum atomic E-state index is 13.6. The zero-order valence-corrected chi connectivity index (χ0v) is 8.05. The Morgan fingerprint density at radius 2 is 1.92 bits per heavy atom. The molecule has 1 rings (SSSR count). The van der Waals surface area contributed by atoms with Crippen LogP contribution in [0, 0.1) is 0 Å². The molecule has 13 heavy (non-hydrogen) atoms. The van der Waals surface area contributed by atoms with Crippen LogP contribution in [0.15, 0.2) is 24.3 Å². The molecule has 0 atom stereocenters. The van der Waals surface area contributed by atoms with E-state index in [0.717, 1.165) is 5.56 Å². The van der Waals surface area contributed by atoms with Gasteiger partial charge in [0.15, 0.2) is 0 Å². The molecule has 2 heteroatoms. The topological polar surface area (TPSA) is 20.2 Å². The minimum Gasteiger partial charge on any atom is -0.396 e. The first-order valence-electron chi connectivity index (χ1n) is 4.44. The van der Waals surface area contributed by atoms with Gasteiger partial charge in [0.25, 0.3) is 0 Å². The molecule has 0 aromatic heterocycles. The fourth-order valence-electron chi connectivity index (χ4n) is 1.44. The SMILES string of the molecule is CC(C)(F)c1ccccc1CCO. The summed E-state index contributed by atoms with van der Waals surface area (Å²) in [6.45, 7) is 3.12. The zero-order chi connectivity index (χ0) is 9.90. The van der Waals surface area contributed by atoms with Crippen LogP contribution in [0.5, 0.6) is 0 Å². The largest absolute Gasteiger partial charge is 0.396 e. The van der Waals surface area contributed by atoms with Crippen molar-refractivity contribution in [2.24, 2.45) is 0 Å². The Morgan fingerprint density at radius 3 is 2.46 bits per heavy atom. The molecule has 1 aromatic rings. The van der Waals surface area contributed by atoms with Crippen LogP contribution < -0.4 is 0 Å². The van der Waals surface area contributed by atoms with E-state index in [-0.39, 0.29) is 6.61 Å². The quantitative estimate of drug-likeness (QED) is 0.761. The van der Waals surface area contributed by atoms with Crippen molar-refractivity contribution in [3.63, 3.8) is 0 Å². The molecule has 0 bridgehead atoms. The van der Waals surface area contributed by atoms with Crippen LogP contribution in [0.3, 0.4) is 0 Å². The molecule has 0 aliphatic heterocycles. The molecular formula is C11H15FO. The number of aliphatic hydroxyl groups excluding tert-OH is 1. The van der Waals surface area contributed by atoms with E-state index in [1.165, 1.54) is 13.8 Å². The van der Waals surface area contributed by atoms with Crippen LogP contribution in [0.4, 0.5) is 4.39 Å². The molecule has 1 aromatic carbocycles. The maximum absolute atomic E-state index is 13.6. The molecule has 0 aliphatic rings. The van der Waals surface area contributed by atoms with Gasteiger partial charge in [-0.3, -0.25) is 0 Å². The molecule has 1 nitrogen and oxygen atoms in total. The second kappa shape index (κ2) is 3.88. The summed E-state index contributed by atoms with van der Waals surface area (Å²) in [7, 11) is 0. The van der Waals surface area contributed by atoms with Gasteiger partial charge in [-0.2, -0.15) is 0 Å². The van der Waals surface area contributed by atoms with Gasteiger partial charge in [0.2, 0.25) is 0 Å². The second-order valence-corrected chi connectivity index (χ2v) is 3.60. The molecule has 0 saturated heterocycles. The van der Waals surface area contributed by atoms with Crippen LogP contribution in [-0.2, 0) is 12.1 Å². The van der Waals surface area contributed by atoms with Crippen molar-refractivity contribution in [3.8, 4) is 0 Å². The van der Waals surface area contributed by atoms with Crippen molar-refractivity contribution >= 4 is 0 Å². The predicted octanol–water partition coefficient (Wildman–Crippen LogP) is 2.43. The molecule has 0 spiro atoms. The summed E-state index contributed by atoms with van der Waals surface area (Å²) in [5.74, 6) is 0. The summed E-state index contributed by atoms with van der Waals surface area (Å²) in [5, 5.41) is 8.79. The van der Waals surface area contributed by atoms with Crippen molar-refractivity contribution < 1.29 is 9.50 Å². The Bertz CT molecular complexity index is 276. The molecule has 0 saturated carbocycles. The summed E-state index contributed by atoms with van der Waals surface area (Å²) in [6, 6.07) is 7.30.